The Morgan fingerprint density at radius 1 is 1.12 bits per heavy atom. The molecule has 3 atom stereocenters. The Hall–Kier alpha value is -4.90. The van der Waals surface area contributed by atoms with Gasteiger partial charge in [0.25, 0.3) is 0 Å². The lowest BCUT2D eigenvalue weighted by Crippen LogP contribution is -2.30. The van der Waals surface area contributed by atoms with E-state index < -0.39 is 5.97 Å². The third-order valence-corrected chi connectivity index (χ3v) is 8.63. The highest BCUT2D eigenvalue weighted by molar-refractivity contribution is 7.07. The summed E-state index contributed by atoms with van der Waals surface area (Å²) in [5.74, 6) is 6.36. The van der Waals surface area contributed by atoms with Crippen molar-refractivity contribution in [2.24, 2.45) is 11.8 Å². The van der Waals surface area contributed by atoms with Crippen LogP contribution in [0.25, 0.3) is 22.9 Å². The number of carboxylic acids is 1. The Kier molecular flexibility index (Phi) is 6.79. The zero-order valence-electron chi connectivity index (χ0n) is 21.5. The number of nitrogens with zero attached hydrogens (tertiary/aromatic N) is 4. The minimum atomic E-state index is -0.836. The van der Waals surface area contributed by atoms with Gasteiger partial charge < -0.3 is 10.0 Å². The van der Waals surface area contributed by atoms with Crippen LogP contribution in [0.1, 0.15) is 24.8 Å². The maximum Gasteiger partial charge on any atom is 0.307 e. The lowest BCUT2D eigenvalue weighted by atomic mass is 9.97. The van der Waals surface area contributed by atoms with Crippen LogP contribution < -0.4 is 14.1 Å². The summed E-state index contributed by atoms with van der Waals surface area (Å²) in [5.41, 5.74) is 5.78. The molecule has 40 heavy (non-hydrogen) atoms. The van der Waals surface area contributed by atoms with Crippen LogP contribution in [-0.2, 0) is 11.2 Å². The van der Waals surface area contributed by atoms with Gasteiger partial charge in [0.05, 0.1) is 28.3 Å². The lowest BCUT2D eigenvalue weighted by Gasteiger charge is -2.28. The standard InChI is InChI=1S/C33H24N4O2S/c34-19-24(20-35)33-36-32(23-5-2-1-3-6-23)30(40-33)17-21-11-15-27-26-7-4-8-28(26)37(29(27)16-12-21)25-13-9-22(10-14-25)18-31(38)39/h1-3,5-6,9-10,12-14,16-17,21,26,28H,4,7-8,18H2,(H,38,39)/b30-17+/t21?,26?,28-/m0/s1. The molecule has 0 bridgehead atoms. The first-order valence-corrected chi connectivity index (χ1v) is 14.0. The molecule has 2 heterocycles. The maximum atomic E-state index is 11.1. The van der Waals surface area contributed by atoms with Gasteiger partial charge >= 0.3 is 5.97 Å². The van der Waals surface area contributed by atoms with Gasteiger partial charge in [0.2, 0.25) is 0 Å². The largest absolute Gasteiger partial charge is 0.481 e. The van der Waals surface area contributed by atoms with E-state index in [1.54, 1.807) is 0 Å². The average Bonchev–Trinajstić information content (AvgIpc) is 3.63. The van der Waals surface area contributed by atoms with Crippen molar-refractivity contribution in [3.63, 3.8) is 0 Å². The number of aliphatic carboxylic acids is 1. The normalized spacial score (nSPS) is 21.1. The predicted molar refractivity (Wildman–Crippen MR) is 155 cm³/mol. The molecule has 0 saturated heterocycles. The van der Waals surface area contributed by atoms with Crippen molar-refractivity contribution < 1.29 is 9.90 Å². The average molecular weight is 541 g/mol. The fourth-order valence-corrected chi connectivity index (χ4v) is 6.84. The maximum absolute atomic E-state index is 11.1. The molecule has 1 aromatic heterocycles. The van der Waals surface area contributed by atoms with Crippen LogP contribution in [0.5, 0.6) is 0 Å². The molecule has 2 aliphatic carbocycles. The number of fused-ring (bicyclic) bond motifs is 2. The summed E-state index contributed by atoms with van der Waals surface area (Å²) >= 11 is 1.34. The molecule has 0 amide bonds. The van der Waals surface area contributed by atoms with Gasteiger partial charge in [-0.15, -0.1) is 11.3 Å². The molecular formula is C33H24N4O2S. The van der Waals surface area contributed by atoms with Crippen LogP contribution in [0.2, 0.25) is 0 Å². The highest BCUT2D eigenvalue weighted by Gasteiger charge is 2.43. The van der Waals surface area contributed by atoms with Crippen LogP contribution >= 0.6 is 11.3 Å². The molecule has 6 rings (SSSR count). The zero-order valence-corrected chi connectivity index (χ0v) is 22.4. The third-order valence-electron chi connectivity index (χ3n) is 7.59. The van der Waals surface area contributed by atoms with Crippen LogP contribution in [0.4, 0.5) is 5.69 Å². The number of aromatic nitrogens is 1. The molecule has 2 aromatic carbocycles. The second kappa shape index (κ2) is 10.7. The molecule has 3 aliphatic rings. The Balaban J connectivity index is 1.39. The van der Waals surface area contributed by atoms with Gasteiger partial charge in [0.15, 0.2) is 5.57 Å². The van der Waals surface area contributed by atoms with Crippen LogP contribution in [-0.4, -0.2) is 22.1 Å². The van der Waals surface area contributed by atoms with Crippen molar-refractivity contribution >= 4 is 34.6 Å². The minimum Gasteiger partial charge on any atom is -0.481 e. The van der Waals surface area contributed by atoms with Crippen LogP contribution in [0.15, 0.2) is 78.0 Å². The van der Waals surface area contributed by atoms with E-state index in [4.69, 9.17) is 5.11 Å². The summed E-state index contributed by atoms with van der Waals surface area (Å²) in [7, 11) is 0. The number of anilines is 1. The first-order valence-electron chi connectivity index (χ1n) is 13.2. The van der Waals surface area contributed by atoms with Crippen molar-refractivity contribution in [3.8, 4) is 35.2 Å². The van der Waals surface area contributed by atoms with Gasteiger partial charge in [-0.25, -0.2) is 4.98 Å². The molecule has 1 saturated carbocycles. The fraction of sp³-hybridized carbons (Fsp3) is 0.212. The second-order valence-electron chi connectivity index (χ2n) is 10.0. The Bertz CT molecular complexity index is 1810. The molecule has 3 aromatic rings. The number of thiazole rings is 1. The summed E-state index contributed by atoms with van der Waals surface area (Å²) in [6, 6.07) is 21.9. The van der Waals surface area contributed by atoms with Gasteiger partial charge in [-0.1, -0.05) is 66.8 Å². The highest BCUT2D eigenvalue weighted by Crippen LogP contribution is 2.47. The fourth-order valence-electron chi connectivity index (χ4n) is 5.83. The molecule has 0 radical (unpaired) electrons. The zero-order chi connectivity index (χ0) is 27.6. The number of hydrogen-bond donors (Lipinski definition) is 1. The SMILES string of the molecule is N#CC(C#N)=c1nc(-c2ccccc2)/c(=C\C2C#CC3=C(C=C2)N(c2ccc(CC(=O)O)cc2)[C@H]2CCCC32)s1. The van der Waals surface area contributed by atoms with E-state index in [0.717, 1.165) is 52.0 Å². The van der Waals surface area contributed by atoms with Crippen LogP contribution in [0.3, 0.4) is 0 Å². The van der Waals surface area contributed by atoms with Gasteiger partial charge in [0.1, 0.15) is 16.8 Å². The van der Waals surface area contributed by atoms with Crippen molar-refractivity contribution in [1.82, 2.24) is 4.98 Å². The van der Waals surface area contributed by atoms with Gasteiger partial charge in [0, 0.05) is 28.8 Å². The summed E-state index contributed by atoms with van der Waals surface area (Å²) in [4.78, 5) is 18.2. The van der Waals surface area contributed by atoms with E-state index >= 15 is 0 Å². The van der Waals surface area contributed by atoms with Crippen LogP contribution in [0, 0.1) is 46.3 Å². The van der Waals surface area contributed by atoms with Gasteiger partial charge in [-0.3, -0.25) is 4.79 Å². The number of nitriles is 2. The number of carbonyl (C=O) groups is 1. The van der Waals surface area contributed by atoms with Crippen molar-refractivity contribution in [3.05, 3.63) is 92.8 Å². The molecule has 0 spiro atoms. The van der Waals surface area contributed by atoms with Gasteiger partial charge in [-0.2, -0.15) is 10.5 Å². The first-order chi connectivity index (χ1) is 19.6. The van der Waals surface area contributed by atoms with E-state index in [-0.39, 0.29) is 17.9 Å². The van der Waals surface area contributed by atoms with Crippen molar-refractivity contribution in [2.45, 2.75) is 31.7 Å². The van der Waals surface area contributed by atoms with E-state index in [9.17, 15) is 15.3 Å². The Morgan fingerprint density at radius 2 is 1.90 bits per heavy atom. The summed E-state index contributed by atoms with van der Waals surface area (Å²) in [5, 5.41) is 28.0. The lowest BCUT2D eigenvalue weighted by molar-refractivity contribution is -0.136. The Labute approximate surface area is 236 Å². The molecule has 1 fully saturated rings. The van der Waals surface area contributed by atoms with E-state index in [2.05, 4.69) is 40.0 Å². The van der Waals surface area contributed by atoms with E-state index in [0.29, 0.717) is 16.6 Å². The van der Waals surface area contributed by atoms with E-state index in [1.165, 1.54) is 16.9 Å². The number of benzene rings is 2. The number of allylic oxidation sites excluding steroid dienone is 2. The predicted octanol–water partition coefficient (Wildman–Crippen LogP) is 4.55. The topological polar surface area (TPSA) is 101 Å². The Morgan fingerprint density at radius 3 is 2.62 bits per heavy atom. The molecule has 1 aliphatic heterocycles. The summed E-state index contributed by atoms with van der Waals surface area (Å²) in [6.07, 6.45) is 9.69. The molecule has 6 nitrogen and oxygen atoms in total. The second-order valence-corrected chi connectivity index (χ2v) is 11.1. The summed E-state index contributed by atoms with van der Waals surface area (Å²) < 4.78 is 1.28. The smallest absolute Gasteiger partial charge is 0.307 e. The molecular weight excluding hydrogens is 516 g/mol. The number of carboxylic acid groups (broad SMARTS) is 1. The van der Waals surface area contributed by atoms with Gasteiger partial charge in [-0.05, 0) is 42.7 Å². The molecule has 1 N–H and O–H groups in total. The van der Waals surface area contributed by atoms with Crippen molar-refractivity contribution in [2.75, 3.05) is 4.90 Å². The monoisotopic (exact) mass is 540 g/mol. The molecule has 7 heteroatoms. The first kappa shape index (κ1) is 25.4. The highest BCUT2D eigenvalue weighted by atomic mass is 32.1. The molecule has 2 unspecified atom stereocenters. The van der Waals surface area contributed by atoms with E-state index in [1.807, 2.05) is 66.7 Å². The minimum absolute atomic E-state index is 0.00209. The quantitative estimate of drug-likeness (QED) is 0.477. The number of hydrogen-bond acceptors (Lipinski definition) is 6. The number of rotatable bonds is 5. The summed E-state index contributed by atoms with van der Waals surface area (Å²) in [6.45, 7) is 0. The van der Waals surface area contributed by atoms with Crippen molar-refractivity contribution in [1.29, 1.82) is 10.5 Å². The molecule has 194 valence electrons. The third kappa shape index (κ3) is 4.71.